The van der Waals surface area contributed by atoms with E-state index in [1.807, 2.05) is 12.1 Å². The third-order valence-corrected chi connectivity index (χ3v) is 7.78. The molecule has 2 N–H and O–H groups in total. The lowest BCUT2D eigenvalue weighted by Crippen LogP contribution is -2.39. The summed E-state index contributed by atoms with van der Waals surface area (Å²) in [5.74, 6) is -4.84. The lowest BCUT2D eigenvalue weighted by molar-refractivity contribution is -0.113. The Balaban J connectivity index is 1.34. The molecule has 0 aromatic heterocycles. The van der Waals surface area contributed by atoms with E-state index in [1.54, 1.807) is 12.1 Å². The predicted octanol–water partition coefficient (Wildman–Crippen LogP) is 6.38. The molecule has 3 aromatic carbocycles. The summed E-state index contributed by atoms with van der Waals surface area (Å²) in [6.07, 6.45) is 5.52. The van der Waals surface area contributed by atoms with Gasteiger partial charge in [-0.25, -0.2) is 17.6 Å². The number of carbonyl (C=O) groups excluding carboxylic acids is 2. The highest BCUT2D eigenvalue weighted by molar-refractivity contribution is 6.14. The average Bonchev–Trinajstić information content (AvgIpc) is 3.38. The summed E-state index contributed by atoms with van der Waals surface area (Å²) in [4.78, 5) is 28.9. The number of nitrogens with zero attached hydrogens (tertiary/aromatic N) is 1. The van der Waals surface area contributed by atoms with E-state index in [-0.39, 0.29) is 46.8 Å². The lowest BCUT2D eigenvalue weighted by atomic mass is 9.83. The van der Waals surface area contributed by atoms with E-state index in [2.05, 4.69) is 22.6 Å². The van der Waals surface area contributed by atoms with E-state index >= 15 is 0 Å². The maximum absolute atomic E-state index is 13.8. The van der Waals surface area contributed by atoms with Gasteiger partial charge in [0.05, 0.1) is 0 Å². The summed E-state index contributed by atoms with van der Waals surface area (Å²) in [7, 11) is 2.11. The van der Waals surface area contributed by atoms with Gasteiger partial charge in [0.25, 0.3) is 5.91 Å². The van der Waals surface area contributed by atoms with Crippen LogP contribution in [-0.2, 0) is 4.79 Å². The normalized spacial score (nSPS) is 21.2. The number of amides is 1. The SMILES string of the molecule is CN1CCC[C@H]1CNc1ccc(C(=O)NC2C/C(=C\c3ccc(F)c(F)c3)C(=O)/C(=C/c3ccc(F)c(F)c3)C2)cc1. The molecule has 1 heterocycles. The Morgan fingerprint density at radius 2 is 1.43 bits per heavy atom. The Labute approximate surface area is 241 Å². The number of ketones is 1. The first-order valence-electron chi connectivity index (χ1n) is 13.9. The first-order chi connectivity index (χ1) is 20.2. The molecular formula is C33H31F4N3O2. The smallest absolute Gasteiger partial charge is 0.251 e. The topological polar surface area (TPSA) is 61.4 Å². The molecule has 1 amide bonds. The fourth-order valence-corrected chi connectivity index (χ4v) is 5.43. The quantitative estimate of drug-likeness (QED) is 0.253. The average molecular weight is 578 g/mol. The summed E-state index contributed by atoms with van der Waals surface area (Å²) in [6, 6.07) is 13.7. The molecule has 1 aliphatic carbocycles. The monoisotopic (exact) mass is 577 g/mol. The molecule has 1 atom stereocenters. The highest BCUT2D eigenvalue weighted by Crippen LogP contribution is 2.30. The first kappa shape index (κ1) is 29.3. The van der Waals surface area contributed by atoms with Crippen LogP contribution >= 0.6 is 0 Å². The number of benzene rings is 3. The first-order valence-corrected chi connectivity index (χ1v) is 13.9. The highest BCUT2D eigenvalue weighted by Gasteiger charge is 2.29. The van der Waals surface area contributed by atoms with Crippen molar-refractivity contribution in [3.63, 3.8) is 0 Å². The third kappa shape index (κ3) is 6.97. The zero-order chi connectivity index (χ0) is 29.8. The summed E-state index contributed by atoms with van der Waals surface area (Å²) >= 11 is 0. The van der Waals surface area contributed by atoms with Crippen LogP contribution in [0.25, 0.3) is 12.2 Å². The number of anilines is 1. The van der Waals surface area contributed by atoms with Crippen LogP contribution < -0.4 is 10.6 Å². The second-order valence-corrected chi connectivity index (χ2v) is 10.8. The van der Waals surface area contributed by atoms with Gasteiger partial charge in [0.2, 0.25) is 0 Å². The molecular weight excluding hydrogens is 546 g/mol. The maximum atomic E-state index is 13.8. The Kier molecular flexibility index (Phi) is 8.87. The van der Waals surface area contributed by atoms with Gasteiger partial charge < -0.3 is 15.5 Å². The van der Waals surface area contributed by atoms with Crippen molar-refractivity contribution in [1.29, 1.82) is 0 Å². The Hall–Kier alpha value is -4.24. The van der Waals surface area contributed by atoms with Crippen LogP contribution in [0.5, 0.6) is 0 Å². The number of hydrogen-bond acceptors (Lipinski definition) is 4. The number of nitrogens with one attached hydrogen (secondary N) is 2. The summed E-state index contributed by atoms with van der Waals surface area (Å²) < 4.78 is 54.6. The summed E-state index contributed by atoms with van der Waals surface area (Å²) in [5, 5.41) is 6.38. The van der Waals surface area contributed by atoms with Crippen LogP contribution in [0, 0.1) is 23.3 Å². The van der Waals surface area contributed by atoms with Gasteiger partial charge in [-0.2, -0.15) is 0 Å². The van der Waals surface area contributed by atoms with Crippen molar-refractivity contribution in [2.24, 2.45) is 0 Å². The fraction of sp³-hybridized carbons (Fsp3) is 0.273. The van der Waals surface area contributed by atoms with Crippen molar-refractivity contribution >= 4 is 29.5 Å². The van der Waals surface area contributed by atoms with Gasteiger partial charge in [0, 0.05) is 41.0 Å². The van der Waals surface area contributed by atoms with Crippen LogP contribution in [0.1, 0.15) is 47.2 Å². The molecule has 0 unspecified atom stereocenters. The molecule has 218 valence electrons. The van der Waals surface area contributed by atoms with Crippen LogP contribution in [0.4, 0.5) is 23.2 Å². The van der Waals surface area contributed by atoms with Crippen LogP contribution in [0.3, 0.4) is 0 Å². The number of hydrogen-bond donors (Lipinski definition) is 2. The highest BCUT2D eigenvalue weighted by atomic mass is 19.2. The standard InChI is InChI=1S/C33H31F4N3O2/c1-40-12-2-3-27(40)19-38-25-8-6-22(7-9-25)33(42)39-26-17-23(13-20-4-10-28(34)30(36)15-20)32(41)24(18-26)14-21-5-11-29(35)31(37)16-21/h4-11,13-16,26-27,38H,2-3,12,17-19H2,1H3,(H,39,42)/b23-13+,24-14+/t27-/m0/s1. The van der Waals surface area contributed by atoms with E-state index in [9.17, 15) is 27.2 Å². The zero-order valence-electron chi connectivity index (χ0n) is 23.1. The van der Waals surface area contributed by atoms with Gasteiger partial charge in [-0.15, -0.1) is 0 Å². The van der Waals surface area contributed by atoms with Crippen molar-refractivity contribution < 1.29 is 27.2 Å². The molecule has 1 aliphatic heterocycles. The summed E-state index contributed by atoms with van der Waals surface area (Å²) in [6.45, 7) is 1.91. The number of likely N-dealkylation sites (N-methyl/N-ethyl adjacent to an activating group) is 1. The van der Waals surface area contributed by atoms with E-state index in [0.29, 0.717) is 11.6 Å². The predicted molar refractivity (Wildman–Crippen MR) is 155 cm³/mol. The number of Topliss-reactive ketones (excluding diaryl/α,β-unsaturated/α-hetero) is 1. The van der Waals surface area contributed by atoms with Gasteiger partial charge in [-0.3, -0.25) is 9.59 Å². The minimum atomic E-state index is -1.05. The minimum absolute atomic E-state index is 0.146. The van der Waals surface area contributed by atoms with Crippen LogP contribution in [0.2, 0.25) is 0 Å². The third-order valence-electron chi connectivity index (χ3n) is 7.78. The molecule has 5 rings (SSSR count). The lowest BCUT2D eigenvalue weighted by Gasteiger charge is -2.27. The summed E-state index contributed by atoms with van der Waals surface area (Å²) in [5.41, 5.74) is 2.44. The molecule has 3 aromatic rings. The van der Waals surface area contributed by atoms with Crippen molar-refractivity contribution in [2.75, 3.05) is 25.5 Å². The van der Waals surface area contributed by atoms with Gasteiger partial charge in [-0.05, 0) is 111 Å². The van der Waals surface area contributed by atoms with E-state index in [0.717, 1.165) is 49.5 Å². The van der Waals surface area contributed by atoms with E-state index < -0.39 is 29.3 Å². The number of rotatable bonds is 7. The molecule has 1 saturated carbocycles. The van der Waals surface area contributed by atoms with Crippen molar-refractivity contribution in [2.45, 2.75) is 37.8 Å². The minimum Gasteiger partial charge on any atom is -0.383 e. The van der Waals surface area contributed by atoms with Crippen molar-refractivity contribution in [1.82, 2.24) is 10.2 Å². The molecule has 5 nitrogen and oxygen atoms in total. The van der Waals surface area contributed by atoms with Gasteiger partial charge in [0.1, 0.15) is 0 Å². The molecule has 1 saturated heterocycles. The molecule has 2 aliphatic rings. The molecule has 0 spiro atoms. The Morgan fingerprint density at radius 1 is 0.857 bits per heavy atom. The Morgan fingerprint density at radius 3 is 1.93 bits per heavy atom. The second kappa shape index (κ2) is 12.7. The molecule has 2 fully saturated rings. The number of likely N-dealkylation sites (tertiary alicyclic amines) is 1. The van der Waals surface area contributed by atoms with E-state index in [1.165, 1.54) is 30.7 Å². The number of halogens is 4. The van der Waals surface area contributed by atoms with Gasteiger partial charge in [0.15, 0.2) is 29.1 Å². The molecule has 42 heavy (non-hydrogen) atoms. The zero-order valence-corrected chi connectivity index (χ0v) is 23.1. The number of carbonyl (C=O) groups is 2. The largest absolute Gasteiger partial charge is 0.383 e. The van der Waals surface area contributed by atoms with Crippen molar-refractivity contribution in [3.05, 3.63) is 112 Å². The Bertz CT molecular complexity index is 1480. The molecule has 0 radical (unpaired) electrons. The maximum Gasteiger partial charge on any atom is 0.251 e. The molecule has 0 bridgehead atoms. The molecule has 9 heteroatoms. The van der Waals surface area contributed by atoms with E-state index in [4.69, 9.17) is 0 Å². The van der Waals surface area contributed by atoms with Crippen molar-refractivity contribution in [3.8, 4) is 0 Å². The second-order valence-electron chi connectivity index (χ2n) is 10.8. The fourth-order valence-electron chi connectivity index (χ4n) is 5.43. The van der Waals surface area contributed by atoms with Gasteiger partial charge >= 0.3 is 0 Å². The van der Waals surface area contributed by atoms with Crippen LogP contribution in [-0.4, -0.2) is 48.8 Å². The van der Waals surface area contributed by atoms with Crippen LogP contribution in [0.15, 0.2) is 71.8 Å². The van der Waals surface area contributed by atoms with Gasteiger partial charge in [-0.1, -0.05) is 12.1 Å².